The number of alkyl carbamates (subject to hydrolysis) is 1. The zero-order chi connectivity index (χ0) is 19.2. The van der Waals surface area contributed by atoms with Crippen molar-refractivity contribution in [3.63, 3.8) is 0 Å². The number of amides is 1. The zero-order valence-electron chi connectivity index (χ0n) is 14.5. The number of halogens is 1. The van der Waals surface area contributed by atoms with E-state index in [2.05, 4.69) is 5.32 Å². The van der Waals surface area contributed by atoms with Crippen LogP contribution < -0.4 is 5.32 Å². The summed E-state index contributed by atoms with van der Waals surface area (Å²) in [4.78, 5) is 23.0. The van der Waals surface area contributed by atoms with Crippen molar-refractivity contribution in [2.24, 2.45) is 0 Å². The monoisotopic (exact) mass is 355 g/mol. The van der Waals surface area contributed by atoms with E-state index in [1.807, 2.05) is 0 Å². The van der Waals surface area contributed by atoms with E-state index in [1.165, 1.54) is 12.1 Å². The number of carbonyl (C=O) groups is 2. The predicted octanol–water partition coefficient (Wildman–Crippen LogP) is 1.36. The number of nitrogens with one attached hydrogen (secondary N) is 1. The molecular formula is C16H23BFNO6. The molecule has 0 saturated heterocycles. The second-order valence-electron chi connectivity index (χ2n) is 6.69. The number of ether oxygens (including phenoxy) is 1. The molecule has 4 N–H and O–H groups in total. The first kappa shape index (κ1) is 20.9. The molecule has 7 nitrogen and oxygen atoms in total. The van der Waals surface area contributed by atoms with Crippen LogP contribution in [0.25, 0.3) is 0 Å². The topological polar surface area (TPSA) is 116 Å². The Morgan fingerprint density at radius 3 is 2.44 bits per heavy atom. The first-order valence-electron chi connectivity index (χ1n) is 7.83. The van der Waals surface area contributed by atoms with Crippen LogP contribution in [0.4, 0.5) is 9.18 Å². The highest BCUT2D eigenvalue weighted by molar-refractivity contribution is 6.40. The van der Waals surface area contributed by atoms with Crippen molar-refractivity contribution in [3.05, 3.63) is 35.1 Å². The third-order valence-corrected chi connectivity index (χ3v) is 3.22. The standard InChI is InChI=1S/C16H23BFNO6/c1-16(2,3)25-15(22)19-13(14(20)21)9-11-5-4-10(8-12(11)18)6-7-17(23)24/h4-5,8,13,23-24H,6-7,9H2,1-3H3,(H,19,22)(H,20,21)/t13-/m1/s1. The van der Waals surface area contributed by atoms with E-state index in [-0.39, 0.29) is 24.7 Å². The highest BCUT2D eigenvalue weighted by Gasteiger charge is 2.25. The molecule has 0 unspecified atom stereocenters. The number of carboxylic acid groups (broad SMARTS) is 1. The average Bonchev–Trinajstić information content (AvgIpc) is 2.44. The minimum atomic E-state index is -1.47. The van der Waals surface area contributed by atoms with Crippen LogP contribution in [0.15, 0.2) is 18.2 Å². The summed E-state index contributed by atoms with van der Waals surface area (Å²) in [5.74, 6) is -1.93. The second kappa shape index (κ2) is 8.82. The van der Waals surface area contributed by atoms with E-state index in [9.17, 15) is 19.1 Å². The Hall–Kier alpha value is -2.13. The predicted molar refractivity (Wildman–Crippen MR) is 89.6 cm³/mol. The SMILES string of the molecule is CC(C)(C)OC(=O)N[C@H](Cc1ccc(CCB(O)O)cc1F)C(=O)O. The van der Waals surface area contributed by atoms with E-state index in [1.54, 1.807) is 26.8 Å². The minimum absolute atomic E-state index is 0.0662. The van der Waals surface area contributed by atoms with Crippen molar-refractivity contribution in [2.45, 2.75) is 51.6 Å². The minimum Gasteiger partial charge on any atom is -0.480 e. The van der Waals surface area contributed by atoms with Gasteiger partial charge < -0.3 is 25.2 Å². The molecule has 1 amide bonds. The molecule has 0 aliphatic rings. The molecule has 0 aliphatic heterocycles. The molecule has 0 aliphatic carbocycles. The van der Waals surface area contributed by atoms with Crippen molar-refractivity contribution < 1.29 is 33.9 Å². The van der Waals surface area contributed by atoms with Crippen molar-refractivity contribution in [2.75, 3.05) is 0 Å². The number of aryl methyl sites for hydroxylation is 1. The molecule has 0 spiro atoms. The van der Waals surface area contributed by atoms with E-state index in [4.69, 9.17) is 14.8 Å². The molecule has 0 fully saturated rings. The summed E-state index contributed by atoms with van der Waals surface area (Å²) in [6.45, 7) is 4.93. The van der Waals surface area contributed by atoms with Crippen molar-refractivity contribution >= 4 is 19.2 Å². The van der Waals surface area contributed by atoms with Gasteiger partial charge in [0.2, 0.25) is 0 Å². The molecule has 1 aromatic rings. The van der Waals surface area contributed by atoms with Crippen LogP contribution in [0, 0.1) is 5.82 Å². The van der Waals surface area contributed by atoms with Gasteiger partial charge in [0.15, 0.2) is 0 Å². The Morgan fingerprint density at radius 2 is 1.96 bits per heavy atom. The Labute approximate surface area is 146 Å². The molecule has 0 radical (unpaired) electrons. The lowest BCUT2D eigenvalue weighted by molar-refractivity contribution is -0.139. The molecule has 138 valence electrons. The fourth-order valence-electron chi connectivity index (χ4n) is 2.08. The van der Waals surface area contributed by atoms with Gasteiger partial charge in [0.1, 0.15) is 17.5 Å². The molecule has 0 aromatic heterocycles. The quantitative estimate of drug-likeness (QED) is 0.549. The van der Waals surface area contributed by atoms with Gasteiger partial charge in [0.25, 0.3) is 0 Å². The van der Waals surface area contributed by atoms with Crippen LogP contribution in [0.1, 0.15) is 31.9 Å². The number of carboxylic acids is 1. The molecule has 9 heteroatoms. The van der Waals surface area contributed by atoms with Gasteiger partial charge >= 0.3 is 19.2 Å². The third-order valence-electron chi connectivity index (χ3n) is 3.22. The lowest BCUT2D eigenvalue weighted by atomic mass is 9.82. The molecule has 25 heavy (non-hydrogen) atoms. The van der Waals surface area contributed by atoms with E-state index < -0.39 is 36.6 Å². The lowest BCUT2D eigenvalue weighted by Crippen LogP contribution is -2.44. The largest absolute Gasteiger partial charge is 0.480 e. The second-order valence-corrected chi connectivity index (χ2v) is 6.69. The van der Waals surface area contributed by atoms with Gasteiger partial charge in [-0.3, -0.25) is 0 Å². The van der Waals surface area contributed by atoms with Gasteiger partial charge in [-0.2, -0.15) is 0 Å². The maximum Gasteiger partial charge on any atom is 0.451 e. The first-order valence-corrected chi connectivity index (χ1v) is 7.83. The molecule has 0 heterocycles. The number of aliphatic carboxylic acids is 1. The van der Waals surface area contributed by atoms with Gasteiger partial charge in [-0.1, -0.05) is 12.1 Å². The fraction of sp³-hybridized carbons (Fsp3) is 0.500. The number of carbonyl (C=O) groups excluding carboxylic acids is 1. The fourth-order valence-corrected chi connectivity index (χ4v) is 2.08. The Morgan fingerprint density at radius 1 is 1.32 bits per heavy atom. The summed E-state index contributed by atoms with van der Waals surface area (Å²) in [7, 11) is -1.47. The highest BCUT2D eigenvalue weighted by Crippen LogP contribution is 2.15. The van der Waals surface area contributed by atoms with Crippen LogP contribution in [0.5, 0.6) is 0 Å². The van der Waals surface area contributed by atoms with Crippen LogP contribution >= 0.6 is 0 Å². The van der Waals surface area contributed by atoms with E-state index >= 15 is 0 Å². The van der Waals surface area contributed by atoms with Crippen molar-refractivity contribution in [1.29, 1.82) is 0 Å². The smallest absolute Gasteiger partial charge is 0.451 e. The number of benzene rings is 1. The Bertz CT molecular complexity index is 617. The number of hydrogen-bond donors (Lipinski definition) is 4. The van der Waals surface area contributed by atoms with Gasteiger partial charge in [0, 0.05) is 6.42 Å². The van der Waals surface area contributed by atoms with Crippen LogP contribution in [-0.4, -0.2) is 46.0 Å². The lowest BCUT2D eigenvalue weighted by Gasteiger charge is -2.22. The summed E-state index contributed by atoms with van der Waals surface area (Å²) in [6.07, 6.45) is -0.804. The summed E-state index contributed by atoms with van der Waals surface area (Å²) >= 11 is 0. The number of hydrogen-bond acceptors (Lipinski definition) is 5. The Kier molecular flexibility index (Phi) is 7.38. The maximum atomic E-state index is 14.1. The van der Waals surface area contributed by atoms with Crippen LogP contribution in [0.3, 0.4) is 0 Å². The number of rotatable bonds is 7. The van der Waals surface area contributed by atoms with Gasteiger partial charge in [0.05, 0.1) is 0 Å². The normalized spacial score (nSPS) is 12.4. The molecule has 1 atom stereocenters. The summed E-state index contributed by atoms with van der Waals surface area (Å²) in [5.41, 5.74) is -0.102. The highest BCUT2D eigenvalue weighted by atomic mass is 19.1. The zero-order valence-corrected chi connectivity index (χ0v) is 14.5. The van der Waals surface area contributed by atoms with Crippen molar-refractivity contribution in [3.8, 4) is 0 Å². The maximum absolute atomic E-state index is 14.1. The summed E-state index contributed by atoms with van der Waals surface area (Å²) in [6, 6.07) is 2.87. The third kappa shape index (κ3) is 8.00. The van der Waals surface area contributed by atoms with E-state index in [0.29, 0.717) is 5.56 Å². The average molecular weight is 355 g/mol. The first-order chi connectivity index (χ1) is 11.5. The van der Waals surface area contributed by atoms with Crippen molar-refractivity contribution in [1.82, 2.24) is 5.32 Å². The van der Waals surface area contributed by atoms with Crippen LogP contribution in [-0.2, 0) is 22.4 Å². The molecule has 0 saturated carbocycles. The molecule has 0 bridgehead atoms. The van der Waals surface area contributed by atoms with Gasteiger partial charge in [-0.15, -0.1) is 0 Å². The van der Waals surface area contributed by atoms with E-state index in [0.717, 1.165) is 0 Å². The van der Waals surface area contributed by atoms with Gasteiger partial charge in [-0.25, -0.2) is 14.0 Å². The Balaban J connectivity index is 2.78. The van der Waals surface area contributed by atoms with Crippen LogP contribution in [0.2, 0.25) is 6.32 Å². The molecule has 1 rings (SSSR count). The van der Waals surface area contributed by atoms with Gasteiger partial charge in [-0.05, 0) is 50.7 Å². The summed E-state index contributed by atoms with van der Waals surface area (Å²) in [5, 5.41) is 29.1. The molecular weight excluding hydrogens is 332 g/mol. The summed E-state index contributed by atoms with van der Waals surface area (Å²) < 4.78 is 19.2. The molecule has 1 aromatic carbocycles.